The standard InChI is InChI=1S/C15H23ClN4/c1-12(16)10-19-8-5-6-13(11-19)15-18-17-14-7-3-2-4-9-20(14)15/h13H,1-11H2/t13-/m0/s1. The third kappa shape index (κ3) is 3.07. The molecular formula is C15H23ClN4. The SMILES string of the molecule is C=C(Cl)CN1CCC[C@H](c2nnc3n2CCCCC3)C1. The van der Waals surface area contributed by atoms with Crippen molar-refractivity contribution in [2.45, 2.75) is 51.0 Å². The van der Waals surface area contributed by atoms with Gasteiger partial charge in [-0.05, 0) is 32.2 Å². The molecule has 1 aromatic heterocycles. The lowest BCUT2D eigenvalue weighted by atomic mass is 9.97. The van der Waals surface area contributed by atoms with E-state index in [1.54, 1.807) is 0 Å². The average molecular weight is 295 g/mol. The summed E-state index contributed by atoms with van der Waals surface area (Å²) < 4.78 is 2.39. The van der Waals surface area contributed by atoms with E-state index in [-0.39, 0.29) is 0 Å². The molecule has 1 fully saturated rings. The Bertz CT molecular complexity index is 482. The highest BCUT2D eigenvalue weighted by molar-refractivity contribution is 6.29. The van der Waals surface area contributed by atoms with Crippen LogP contribution in [0.25, 0.3) is 0 Å². The minimum absolute atomic E-state index is 0.499. The molecule has 1 saturated heterocycles. The maximum Gasteiger partial charge on any atom is 0.137 e. The molecule has 0 aromatic carbocycles. The Morgan fingerprint density at radius 1 is 1.20 bits per heavy atom. The molecule has 3 heterocycles. The second-order valence-electron chi connectivity index (χ2n) is 6.03. The van der Waals surface area contributed by atoms with Crippen molar-refractivity contribution in [3.63, 3.8) is 0 Å². The van der Waals surface area contributed by atoms with Gasteiger partial charge in [-0.3, -0.25) is 4.90 Å². The molecule has 2 aliphatic rings. The van der Waals surface area contributed by atoms with E-state index in [0.717, 1.165) is 37.6 Å². The molecule has 0 unspecified atom stereocenters. The zero-order valence-electron chi connectivity index (χ0n) is 12.0. The fourth-order valence-corrected chi connectivity index (χ4v) is 3.63. The van der Waals surface area contributed by atoms with Gasteiger partial charge in [0.05, 0.1) is 0 Å². The van der Waals surface area contributed by atoms with E-state index in [0.29, 0.717) is 5.92 Å². The van der Waals surface area contributed by atoms with Crippen molar-refractivity contribution < 1.29 is 0 Å². The molecular weight excluding hydrogens is 272 g/mol. The van der Waals surface area contributed by atoms with Gasteiger partial charge in [0.25, 0.3) is 0 Å². The van der Waals surface area contributed by atoms with Crippen LogP contribution in [0.15, 0.2) is 11.6 Å². The van der Waals surface area contributed by atoms with Gasteiger partial charge in [-0.15, -0.1) is 10.2 Å². The number of likely N-dealkylation sites (tertiary alicyclic amines) is 1. The minimum Gasteiger partial charge on any atom is -0.315 e. The summed E-state index contributed by atoms with van der Waals surface area (Å²) in [4.78, 5) is 2.39. The Morgan fingerprint density at radius 3 is 2.95 bits per heavy atom. The summed E-state index contributed by atoms with van der Waals surface area (Å²) >= 11 is 5.95. The number of piperidine rings is 1. The summed E-state index contributed by atoms with van der Waals surface area (Å²) in [7, 11) is 0. The molecule has 1 atom stereocenters. The van der Waals surface area contributed by atoms with E-state index in [4.69, 9.17) is 11.6 Å². The van der Waals surface area contributed by atoms with Crippen LogP contribution in [-0.2, 0) is 13.0 Å². The van der Waals surface area contributed by atoms with E-state index in [1.165, 1.54) is 43.8 Å². The van der Waals surface area contributed by atoms with Gasteiger partial charge in [-0.1, -0.05) is 24.6 Å². The Balaban J connectivity index is 1.75. The van der Waals surface area contributed by atoms with Gasteiger partial charge in [0.2, 0.25) is 0 Å². The van der Waals surface area contributed by atoms with Crippen LogP contribution in [0, 0.1) is 0 Å². The molecule has 5 heteroatoms. The van der Waals surface area contributed by atoms with Crippen LogP contribution < -0.4 is 0 Å². The number of nitrogens with zero attached hydrogens (tertiary/aromatic N) is 4. The molecule has 0 saturated carbocycles. The van der Waals surface area contributed by atoms with Crippen LogP contribution in [-0.4, -0.2) is 39.3 Å². The Morgan fingerprint density at radius 2 is 2.10 bits per heavy atom. The van der Waals surface area contributed by atoms with Gasteiger partial charge in [-0.2, -0.15) is 0 Å². The quantitative estimate of drug-likeness (QED) is 0.859. The Hall–Kier alpha value is -0.870. The van der Waals surface area contributed by atoms with Crippen LogP contribution in [0.1, 0.15) is 49.7 Å². The first-order chi connectivity index (χ1) is 9.74. The second kappa shape index (κ2) is 6.27. The molecule has 0 bridgehead atoms. The molecule has 110 valence electrons. The lowest BCUT2D eigenvalue weighted by Crippen LogP contribution is -2.36. The van der Waals surface area contributed by atoms with Crippen LogP contribution in [0.2, 0.25) is 0 Å². The van der Waals surface area contributed by atoms with E-state index < -0.39 is 0 Å². The highest BCUT2D eigenvalue weighted by atomic mass is 35.5. The molecule has 0 aliphatic carbocycles. The number of rotatable bonds is 3. The van der Waals surface area contributed by atoms with Crippen molar-refractivity contribution in [3.8, 4) is 0 Å². The zero-order chi connectivity index (χ0) is 13.9. The lowest BCUT2D eigenvalue weighted by Gasteiger charge is -2.32. The van der Waals surface area contributed by atoms with Crippen molar-refractivity contribution >= 4 is 11.6 Å². The summed E-state index contributed by atoms with van der Waals surface area (Å²) in [5.41, 5.74) is 0. The van der Waals surface area contributed by atoms with Gasteiger partial charge in [-0.25, -0.2) is 0 Å². The maximum absolute atomic E-state index is 5.95. The number of hydrogen-bond acceptors (Lipinski definition) is 3. The highest BCUT2D eigenvalue weighted by Gasteiger charge is 2.27. The highest BCUT2D eigenvalue weighted by Crippen LogP contribution is 2.28. The van der Waals surface area contributed by atoms with Gasteiger partial charge in [0, 0.05) is 37.0 Å². The predicted octanol–water partition coefficient (Wildman–Crippen LogP) is 2.94. The van der Waals surface area contributed by atoms with Crippen molar-refractivity contribution in [2.24, 2.45) is 0 Å². The maximum atomic E-state index is 5.95. The number of hydrogen-bond donors (Lipinski definition) is 0. The Kier molecular flexibility index (Phi) is 4.41. The van der Waals surface area contributed by atoms with Gasteiger partial charge < -0.3 is 4.57 Å². The first-order valence-electron chi connectivity index (χ1n) is 7.71. The third-order valence-electron chi connectivity index (χ3n) is 4.40. The molecule has 2 aliphatic heterocycles. The largest absolute Gasteiger partial charge is 0.315 e. The molecule has 0 spiro atoms. The van der Waals surface area contributed by atoms with Crippen molar-refractivity contribution in [3.05, 3.63) is 23.3 Å². The summed E-state index contributed by atoms with van der Waals surface area (Å²) in [6.45, 7) is 7.84. The third-order valence-corrected chi connectivity index (χ3v) is 4.52. The van der Waals surface area contributed by atoms with Crippen LogP contribution in [0.5, 0.6) is 0 Å². The van der Waals surface area contributed by atoms with Crippen molar-refractivity contribution in [1.29, 1.82) is 0 Å². The monoisotopic (exact) mass is 294 g/mol. The van der Waals surface area contributed by atoms with Crippen LogP contribution in [0.4, 0.5) is 0 Å². The van der Waals surface area contributed by atoms with E-state index in [2.05, 4.69) is 26.2 Å². The molecule has 0 radical (unpaired) electrons. The smallest absolute Gasteiger partial charge is 0.137 e. The van der Waals surface area contributed by atoms with Gasteiger partial charge in [0.1, 0.15) is 11.6 Å². The second-order valence-corrected chi connectivity index (χ2v) is 6.56. The fourth-order valence-electron chi connectivity index (χ4n) is 3.46. The van der Waals surface area contributed by atoms with Gasteiger partial charge >= 0.3 is 0 Å². The number of fused-ring (bicyclic) bond motifs is 1. The number of aryl methyl sites for hydroxylation is 1. The average Bonchev–Trinajstić information content (AvgIpc) is 2.67. The van der Waals surface area contributed by atoms with Crippen LogP contribution >= 0.6 is 11.6 Å². The predicted molar refractivity (Wildman–Crippen MR) is 81.0 cm³/mol. The lowest BCUT2D eigenvalue weighted by molar-refractivity contribution is 0.219. The summed E-state index contributed by atoms with van der Waals surface area (Å²) in [6.07, 6.45) is 7.32. The van der Waals surface area contributed by atoms with Crippen molar-refractivity contribution in [2.75, 3.05) is 19.6 Å². The summed E-state index contributed by atoms with van der Waals surface area (Å²) in [5, 5.41) is 9.66. The molecule has 0 N–H and O–H groups in total. The molecule has 0 amide bonds. The fraction of sp³-hybridized carbons (Fsp3) is 0.733. The Labute approximate surface area is 125 Å². The molecule has 1 aromatic rings. The van der Waals surface area contributed by atoms with E-state index in [1.807, 2.05) is 0 Å². The summed E-state index contributed by atoms with van der Waals surface area (Å²) in [6, 6.07) is 0. The van der Waals surface area contributed by atoms with Gasteiger partial charge in [0.15, 0.2) is 0 Å². The number of aromatic nitrogens is 3. The first kappa shape index (κ1) is 14.1. The first-order valence-corrected chi connectivity index (χ1v) is 8.09. The summed E-state index contributed by atoms with van der Waals surface area (Å²) in [5.74, 6) is 2.89. The van der Waals surface area contributed by atoms with Crippen LogP contribution in [0.3, 0.4) is 0 Å². The topological polar surface area (TPSA) is 34.0 Å². The normalized spacial score (nSPS) is 24.1. The van der Waals surface area contributed by atoms with Crippen molar-refractivity contribution in [1.82, 2.24) is 19.7 Å². The number of halogens is 1. The van der Waals surface area contributed by atoms with E-state index in [9.17, 15) is 0 Å². The molecule has 4 nitrogen and oxygen atoms in total. The molecule has 3 rings (SSSR count). The zero-order valence-corrected chi connectivity index (χ0v) is 12.8. The minimum atomic E-state index is 0.499. The molecule has 20 heavy (non-hydrogen) atoms. The van der Waals surface area contributed by atoms with E-state index >= 15 is 0 Å².